The summed E-state index contributed by atoms with van der Waals surface area (Å²) in [6.45, 7) is 4.16. The average Bonchev–Trinajstić information content (AvgIpc) is 2.19. The van der Waals surface area contributed by atoms with E-state index in [1.54, 1.807) is 12.1 Å². The van der Waals surface area contributed by atoms with Gasteiger partial charge in [0.25, 0.3) is 0 Å². The van der Waals surface area contributed by atoms with Gasteiger partial charge in [-0.3, -0.25) is 0 Å². The SMILES string of the molecule is CCCC(C)Nc1ccc(SC(F)(F)F)cc1. The fraction of sp³-hybridized carbons (Fsp3) is 0.500. The number of nitrogens with one attached hydrogen (secondary N) is 1. The van der Waals surface area contributed by atoms with Gasteiger partial charge in [0.1, 0.15) is 0 Å². The molecule has 0 aromatic heterocycles. The Bertz CT molecular complexity index is 335. The highest BCUT2D eigenvalue weighted by atomic mass is 32.2. The molecule has 1 aromatic rings. The highest BCUT2D eigenvalue weighted by molar-refractivity contribution is 8.00. The predicted octanol–water partition coefficient (Wildman–Crippen LogP) is 4.90. The van der Waals surface area contributed by atoms with Crippen molar-refractivity contribution < 1.29 is 13.2 Å². The zero-order valence-corrected chi connectivity index (χ0v) is 10.7. The van der Waals surface area contributed by atoms with E-state index in [4.69, 9.17) is 0 Å². The topological polar surface area (TPSA) is 12.0 Å². The molecule has 0 saturated carbocycles. The van der Waals surface area contributed by atoms with E-state index < -0.39 is 5.51 Å². The zero-order valence-electron chi connectivity index (χ0n) is 9.84. The predicted molar refractivity (Wildman–Crippen MR) is 66.3 cm³/mol. The number of alkyl halides is 3. The van der Waals surface area contributed by atoms with Gasteiger partial charge in [-0.15, -0.1) is 0 Å². The van der Waals surface area contributed by atoms with E-state index in [0.29, 0.717) is 6.04 Å². The molecule has 96 valence electrons. The average molecular weight is 263 g/mol. The first kappa shape index (κ1) is 14.2. The molecule has 0 radical (unpaired) electrons. The number of hydrogen-bond donors (Lipinski definition) is 1. The van der Waals surface area contributed by atoms with Crippen molar-refractivity contribution in [3.63, 3.8) is 0 Å². The quantitative estimate of drug-likeness (QED) is 0.758. The number of anilines is 1. The Labute approximate surface area is 104 Å². The minimum absolute atomic E-state index is 0.0892. The summed E-state index contributed by atoms with van der Waals surface area (Å²) in [5.74, 6) is 0. The van der Waals surface area contributed by atoms with Crippen LogP contribution in [0.3, 0.4) is 0 Å². The molecule has 0 amide bonds. The summed E-state index contributed by atoms with van der Waals surface area (Å²) in [6, 6.07) is 6.67. The fourth-order valence-electron chi connectivity index (χ4n) is 1.54. The Morgan fingerprint density at radius 2 is 1.82 bits per heavy atom. The smallest absolute Gasteiger partial charge is 0.383 e. The second-order valence-corrected chi connectivity index (χ2v) is 5.04. The van der Waals surface area contributed by atoms with Crippen molar-refractivity contribution in [2.45, 2.75) is 43.1 Å². The van der Waals surface area contributed by atoms with Crippen LogP contribution in [-0.4, -0.2) is 11.6 Å². The lowest BCUT2D eigenvalue weighted by molar-refractivity contribution is -0.0328. The van der Waals surface area contributed by atoms with Crippen molar-refractivity contribution >= 4 is 17.4 Å². The Balaban J connectivity index is 2.56. The van der Waals surface area contributed by atoms with Crippen molar-refractivity contribution in [1.82, 2.24) is 0 Å². The summed E-state index contributed by atoms with van der Waals surface area (Å²) in [5, 5.41) is 3.24. The third-order valence-electron chi connectivity index (χ3n) is 2.22. The second kappa shape index (κ2) is 6.19. The summed E-state index contributed by atoms with van der Waals surface area (Å²) in [4.78, 5) is 0.214. The summed E-state index contributed by atoms with van der Waals surface area (Å²) < 4.78 is 36.3. The maximum Gasteiger partial charge on any atom is 0.446 e. The van der Waals surface area contributed by atoms with Gasteiger partial charge >= 0.3 is 5.51 Å². The van der Waals surface area contributed by atoms with Crippen LogP contribution >= 0.6 is 11.8 Å². The highest BCUT2D eigenvalue weighted by Gasteiger charge is 2.28. The number of hydrogen-bond acceptors (Lipinski definition) is 2. The Kier molecular flexibility index (Phi) is 5.18. The number of rotatable bonds is 5. The maximum absolute atomic E-state index is 12.1. The van der Waals surface area contributed by atoms with Crippen molar-refractivity contribution in [1.29, 1.82) is 0 Å². The number of halogens is 3. The molecule has 5 heteroatoms. The molecule has 0 fully saturated rings. The van der Waals surface area contributed by atoms with Crippen LogP contribution in [0.25, 0.3) is 0 Å². The van der Waals surface area contributed by atoms with Gasteiger partial charge in [-0.2, -0.15) is 13.2 Å². The molecule has 1 aromatic carbocycles. The molecule has 0 aliphatic heterocycles. The third kappa shape index (κ3) is 5.86. The molecule has 1 N–H and O–H groups in total. The Hall–Kier alpha value is -0.840. The van der Waals surface area contributed by atoms with Crippen LogP contribution in [0.5, 0.6) is 0 Å². The molecule has 1 unspecified atom stereocenters. The molecule has 0 saturated heterocycles. The van der Waals surface area contributed by atoms with Crippen molar-refractivity contribution in [2.75, 3.05) is 5.32 Å². The van der Waals surface area contributed by atoms with Crippen molar-refractivity contribution in [3.05, 3.63) is 24.3 Å². The number of thioether (sulfide) groups is 1. The molecule has 0 spiro atoms. The first-order valence-corrected chi connectivity index (χ1v) is 6.34. The van der Waals surface area contributed by atoms with Gasteiger partial charge < -0.3 is 5.32 Å². The van der Waals surface area contributed by atoms with Gasteiger partial charge in [0, 0.05) is 16.6 Å². The van der Waals surface area contributed by atoms with Crippen molar-refractivity contribution in [3.8, 4) is 0 Å². The van der Waals surface area contributed by atoms with Gasteiger partial charge in [-0.25, -0.2) is 0 Å². The number of benzene rings is 1. The van der Waals surface area contributed by atoms with E-state index in [0.717, 1.165) is 18.5 Å². The molecule has 0 bridgehead atoms. The van der Waals surface area contributed by atoms with Crippen LogP contribution in [0.1, 0.15) is 26.7 Å². The van der Waals surface area contributed by atoms with Gasteiger partial charge in [-0.05, 0) is 49.4 Å². The van der Waals surface area contributed by atoms with Gasteiger partial charge in [0.05, 0.1) is 0 Å². The largest absolute Gasteiger partial charge is 0.446 e. The van der Waals surface area contributed by atoms with E-state index in [9.17, 15) is 13.2 Å². The van der Waals surface area contributed by atoms with E-state index in [2.05, 4.69) is 19.2 Å². The molecule has 17 heavy (non-hydrogen) atoms. The van der Waals surface area contributed by atoms with Crippen LogP contribution in [0.4, 0.5) is 18.9 Å². The van der Waals surface area contributed by atoms with Gasteiger partial charge in [-0.1, -0.05) is 13.3 Å². The Morgan fingerprint density at radius 3 is 2.29 bits per heavy atom. The molecule has 1 atom stereocenters. The molecular formula is C12H16F3NS. The maximum atomic E-state index is 12.1. The molecular weight excluding hydrogens is 247 g/mol. The molecule has 1 rings (SSSR count). The van der Waals surface area contributed by atoms with E-state index in [1.165, 1.54) is 12.1 Å². The lowest BCUT2D eigenvalue weighted by Gasteiger charge is -2.14. The molecule has 1 nitrogen and oxygen atoms in total. The van der Waals surface area contributed by atoms with Gasteiger partial charge in [0.2, 0.25) is 0 Å². The fourth-order valence-corrected chi connectivity index (χ4v) is 2.08. The monoisotopic (exact) mass is 263 g/mol. The van der Waals surface area contributed by atoms with Crippen molar-refractivity contribution in [2.24, 2.45) is 0 Å². The van der Waals surface area contributed by atoms with Crippen LogP contribution in [0.2, 0.25) is 0 Å². The van der Waals surface area contributed by atoms with E-state index in [-0.39, 0.29) is 16.7 Å². The Morgan fingerprint density at radius 1 is 1.24 bits per heavy atom. The summed E-state index contributed by atoms with van der Waals surface area (Å²) >= 11 is -0.0892. The summed E-state index contributed by atoms with van der Waals surface area (Å²) in [7, 11) is 0. The lowest BCUT2D eigenvalue weighted by Crippen LogP contribution is -2.14. The summed E-state index contributed by atoms with van der Waals surface area (Å²) in [6.07, 6.45) is 2.12. The van der Waals surface area contributed by atoms with E-state index in [1.807, 2.05) is 0 Å². The van der Waals surface area contributed by atoms with E-state index >= 15 is 0 Å². The molecule has 0 aliphatic carbocycles. The van der Waals surface area contributed by atoms with Crippen LogP contribution in [0.15, 0.2) is 29.2 Å². The van der Waals surface area contributed by atoms with Crippen LogP contribution in [0, 0.1) is 0 Å². The first-order valence-electron chi connectivity index (χ1n) is 5.53. The zero-order chi connectivity index (χ0) is 12.9. The first-order chi connectivity index (χ1) is 7.90. The third-order valence-corrected chi connectivity index (χ3v) is 2.96. The van der Waals surface area contributed by atoms with Crippen LogP contribution in [-0.2, 0) is 0 Å². The molecule has 0 heterocycles. The lowest BCUT2D eigenvalue weighted by atomic mass is 10.2. The minimum atomic E-state index is -4.22. The standard InChI is InChI=1S/C12H16F3NS/c1-3-4-9(2)16-10-5-7-11(8-6-10)17-12(13,14)15/h5-9,16H,3-4H2,1-2H3. The second-order valence-electron chi connectivity index (χ2n) is 3.91. The minimum Gasteiger partial charge on any atom is -0.383 e. The molecule has 0 aliphatic rings. The normalized spacial score (nSPS) is 13.5. The highest BCUT2D eigenvalue weighted by Crippen LogP contribution is 2.37. The summed E-state index contributed by atoms with van der Waals surface area (Å²) in [5.41, 5.74) is -3.36. The van der Waals surface area contributed by atoms with Gasteiger partial charge in [0.15, 0.2) is 0 Å². The van der Waals surface area contributed by atoms with Crippen LogP contribution < -0.4 is 5.32 Å².